The molecule has 0 aliphatic heterocycles. The summed E-state index contributed by atoms with van der Waals surface area (Å²) in [5.41, 5.74) is 0. The van der Waals surface area contributed by atoms with E-state index in [0.29, 0.717) is 19.3 Å². The molecule has 0 saturated carbocycles. The van der Waals surface area contributed by atoms with Crippen LogP contribution in [-0.4, -0.2) is 46.9 Å². The van der Waals surface area contributed by atoms with Gasteiger partial charge in [-0.3, -0.25) is 9.59 Å². The number of hydrogen-bond acceptors (Lipinski definition) is 5. The van der Waals surface area contributed by atoms with Gasteiger partial charge >= 0.3 is 5.97 Å². The highest BCUT2D eigenvalue weighted by molar-refractivity contribution is 5.77. The van der Waals surface area contributed by atoms with Crippen LogP contribution in [0.1, 0.15) is 303 Å². The Bertz CT molecular complexity index is 924. The first-order chi connectivity index (χ1) is 30.0. The highest BCUT2D eigenvalue weighted by atomic mass is 16.5. The van der Waals surface area contributed by atoms with Gasteiger partial charge in [0, 0.05) is 6.42 Å². The lowest BCUT2D eigenvalue weighted by Crippen LogP contribution is -2.46. The molecule has 0 bridgehead atoms. The van der Waals surface area contributed by atoms with Crippen LogP contribution >= 0.6 is 0 Å². The minimum Gasteiger partial charge on any atom is -0.462 e. The Morgan fingerprint density at radius 1 is 0.459 bits per heavy atom. The van der Waals surface area contributed by atoms with E-state index in [1.165, 1.54) is 193 Å². The second-order valence-electron chi connectivity index (χ2n) is 19.0. The number of hydrogen-bond donors (Lipinski definition) is 3. The summed E-state index contributed by atoms with van der Waals surface area (Å²) in [4.78, 5) is 26.1. The molecule has 0 aliphatic rings. The third kappa shape index (κ3) is 45.0. The largest absolute Gasteiger partial charge is 0.462 e. The molecule has 0 aromatic carbocycles. The molecule has 0 aromatic heterocycles. The van der Waals surface area contributed by atoms with Crippen molar-refractivity contribution in [2.45, 2.75) is 322 Å². The maximum atomic E-state index is 13.2. The summed E-state index contributed by atoms with van der Waals surface area (Å²) in [6.45, 7) is 6.48. The van der Waals surface area contributed by atoms with Gasteiger partial charge in [0.1, 0.15) is 6.10 Å². The summed E-state index contributed by atoms with van der Waals surface area (Å²) in [5, 5.41) is 23.8. The van der Waals surface area contributed by atoms with Crippen molar-refractivity contribution in [1.82, 2.24) is 5.32 Å². The third-order valence-corrected chi connectivity index (χ3v) is 12.8. The van der Waals surface area contributed by atoms with Gasteiger partial charge in [-0.05, 0) is 51.4 Å². The van der Waals surface area contributed by atoms with E-state index in [1.807, 2.05) is 0 Å². The number of carbonyl (C=O) groups is 2. The van der Waals surface area contributed by atoms with Gasteiger partial charge in [0.05, 0.1) is 25.2 Å². The van der Waals surface area contributed by atoms with Gasteiger partial charge in [0.25, 0.3) is 0 Å². The van der Waals surface area contributed by atoms with Gasteiger partial charge in [0.15, 0.2) is 0 Å². The molecule has 3 N–H and O–H groups in total. The lowest BCUT2D eigenvalue weighted by atomic mass is 10.0. The lowest BCUT2D eigenvalue weighted by Gasteiger charge is -2.24. The average molecular weight is 862 g/mol. The van der Waals surface area contributed by atoms with E-state index in [4.69, 9.17) is 4.74 Å². The van der Waals surface area contributed by atoms with Crippen LogP contribution in [0.5, 0.6) is 0 Å². The minimum atomic E-state index is -0.785. The number of carbonyl (C=O) groups excluding carboxylic acids is 2. The quantitative estimate of drug-likeness (QED) is 0.0322. The zero-order valence-corrected chi connectivity index (χ0v) is 41.3. The van der Waals surface area contributed by atoms with Crippen LogP contribution in [0.15, 0.2) is 12.2 Å². The van der Waals surface area contributed by atoms with Crippen LogP contribution in [0, 0.1) is 0 Å². The molecule has 1 amide bonds. The van der Waals surface area contributed by atoms with Crippen molar-refractivity contribution in [2.75, 3.05) is 6.61 Å². The predicted molar refractivity (Wildman–Crippen MR) is 264 cm³/mol. The van der Waals surface area contributed by atoms with E-state index in [0.717, 1.165) is 64.2 Å². The summed E-state index contributed by atoms with van der Waals surface area (Å²) in [6, 6.07) is -0.699. The van der Waals surface area contributed by atoms with Crippen molar-refractivity contribution in [1.29, 1.82) is 0 Å². The number of rotatable bonds is 50. The monoisotopic (exact) mass is 862 g/mol. The number of allylic oxidation sites excluding steroid dienone is 2. The van der Waals surface area contributed by atoms with Gasteiger partial charge in [-0.1, -0.05) is 251 Å². The molecular weight excluding hydrogens is 755 g/mol. The van der Waals surface area contributed by atoms with Crippen molar-refractivity contribution in [2.24, 2.45) is 0 Å². The Balaban J connectivity index is 4.41. The first-order valence-corrected chi connectivity index (χ1v) is 27.4. The molecule has 6 nitrogen and oxygen atoms in total. The number of amides is 1. The second kappa shape index (κ2) is 49.6. The number of aliphatic hydroxyl groups is 2. The molecule has 0 aliphatic carbocycles. The van der Waals surface area contributed by atoms with Gasteiger partial charge in [-0.2, -0.15) is 0 Å². The fraction of sp³-hybridized carbons (Fsp3) is 0.927. The Hall–Kier alpha value is -1.40. The molecular formula is C55H107NO5. The maximum Gasteiger partial charge on any atom is 0.306 e. The average Bonchev–Trinajstić information content (AvgIpc) is 3.25. The predicted octanol–water partition coefficient (Wildman–Crippen LogP) is 16.5. The van der Waals surface area contributed by atoms with Gasteiger partial charge in [-0.25, -0.2) is 0 Å². The van der Waals surface area contributed by atoms with Crippen LogP contribution in [0.25, 0.3) is 0 Å². The summed E-state index contributed by atoms with van der Waals surface area (Å²) in [6.07, 6.45) is 55.7. The Labute approximate surface area is 380 Å². The van der Waals surface area contributed by atoms with E-state index in [1.54, 1.807) is 0 Å². The first kappa shape index (κ1) is 59.6. The first-order valence-electron chi connectivity index (χ1n) is 27.4. The highest BCUT2D eigenvalue weighted by Gasteiger charge is 2.24. The fourth-order valence-electron chi connectivity index (χ4n) is 8.66. The van der Waals surface area contributed by atoms with Crippen molar-refractivity contribution < 1.29 is 24.5 Å². The van der Waals surface area contributed by atoms with Gasteiger partial charge < -0.3 is 20.3 Å². The summed E-state index contributed by atoms with van der Waals surface area (Å²) in [7, 11) is 0. The van der Waals surface area contributed by atoms with Crippen LogP contribution in [-0.2, 0) is 14.3 Å². The normalized spacial score (nSPS) is 13.2. The van der Waals surface area contributed by atoms with Crippen LogP contribution in [0.2, 0.25) is 0 Å². The smallest absolute Gasteiger partial charge is 0.306 e. The van der Waals surface area contributed by atoms with Gasteiger partial charge in [0.2, 0.25) is 5.91 Å². The molecule has 0 spiro atoms. The molecule has 3 unspecified atom stereocenters. The standard InChI is InChI=1S/C55H107NO5/c1-4-7-10-13-16-19-22-24-26-27-28-29-31-33-36-39-42-45-48-55(60)61-51(46-43-40-37-34-21-18-15-12-9-6-3)49-54(59)56-52(50-57)53(58)47-44-41-38-35-32-30-25-23-20-17-14-11-8-5-2/h18,21,51-53,57-58H,4-17,19-20,22-50H2,1-3H3,(H,56,59)/b21-18-. The number of aliphatic hydroxyl groups excluding tert-OH is 2. The topological polar surface area (TPSA) is 95.9 Å². The minimum absolute atomic E-state index is 0.0737. The molecule has 0 radical (unpaired) electrons. The second-order valence-corrected chi connectivity index (χ2v) is 19.0. The summed E-state index contributed by atoms with van der Waals surface area (Å²) in [5.74, 6) is -0.471. The zero-order valence-electron chi connectivity index (χ0n) is 41.3. The lowest BCUT2D eigenvalue weighted by molar-refractivity contribution is -0.151. The Kier molecular flexibility index (Phi) is 48.5. The molecule has 6 heteroatoms. The SMILES string of the molecule is CCCCC/C=C\CCCCCC(CC(=O)NC(CO)C(O)CCCCCCCCCCCCCCCC)OC(=O)CCCCCCCCCCCCCCCCCCCC. The molecule has 0 aromatic rings. The number of unbranched alkanes of at least 4 members (excludes halogenated alkanes) is 36. The number of ether oxygens (including phenoxy) is 1. The van der Waals surface area contributed by atoms with Crippen molar-refractivity contribution in [3.8, 4) is 0 Å². The van der Waals surface area contributed by atoms with Crippen molar-refractivity contribution in [3.05, 3.63) is 12.2 Å². The summed E-state index contributed by atoms with van der Waals surface area (Å²) < 4.78 is 5.93. The highest BCUT2D eigenvalue weighted by Crippen LogP contribution is 2.18. The van der Waals surface area contributed by atoms with Crippen LogP contribution in [0.4, 0.5) is 0 Å². The maximum absolute atomic E-state index is 13.2. The van der Waals surface area contributed by atoms with Crippen LogP contribution in [0.3, 0.4) is 0 Å². The molecule has 3 atom stereocenters. The van der Waals surface area contributed by atoms with E-state index >= 15 is 0 Å². The number of esters is 1. The fourth-order valence-corrected chi connectivity index (χ4v) is 8.66. The van der Waals surface area contributed by atoms with E-state index in [9.17, 15) is 19.8 Å². The van der Waals surface area contributed by atoms with E-state index in [2.05, 4.69) is 38.2 Å². The molecule has 0 rings (SSSR count). The van der Waals surface area contributed by atoms with Gasteiger partial charge in [-0.15, -0.1) is 0 Å². The number of nitrogens with one attached hydrogen (secondary N) is 1. The molecule has 0 saturated heterocycles. The van der Waals surface area contributed by atoms with Crippen molar-refractivity contribution in [3.63, 3.8) is 0 Å². The molecule has 362 valence electrons. The molecule has 0 fully saturated rings. The third-order valence-electron chi connectivity index (χ3n) is 12.8. The Morgan fingerprint density at radius 3 is 1.20 bits per heavy atom. The summed E-state index contributed by atoms with van der Waals surface area (Å²) >= 11 is 0. The van der Waals surface area contributed by atoms with Crippen molar-refractivity contribution >= 4 is 11.9 Å². The molecule has 0 heterocycles. The van der Waals surface area contributed by atoms with Crippen LogP contribution < -0.4 is 5.32 Å². The van der Waals surface area contributed by atoms with E-state index < -0.39 is 18.2 Å². The zero-order chi connectivity index (χ0) is 44.5. The molecule has 61 heavy (non-hydrogen) atoms. The van der Waals surface area contributed by atoms with E-state index in [-0.39, 0.29) is 24.9 Å². The Morgan fingerprint density at radius 2 is 0.787 bits per heavy atom.